The van der Waals surface area contributed by atoms with Crippen molar-refractivity contribution in [1.82, 2.24) is 5.32 Å². The lowest BCUT2D eigenvalue weighted by atomic mass is 10.1. The Morgan fingerprint density at radius 2 is 1.42 bits per heavy atom. The third-order valence-electron chi connectivity index (χ3n) is 4.24. The predicted octanol–water partition coefficient (Wildman–Crippen LogP) is 4.87. The van der Waals surface area contributed by atoms with Gasteiger partial charge in [-0.15, -0.1) is 0 Å². The van der Waals surface area contributed by atoms with E-state index in [4.69, 9.17) is 9.47 Å². The number of benzene rings is 3. The van der Waals surface area contributed by atoms with Gasteiger partial charge in [0.1, 0.15) is 6.61 Å². The number of hydrogen-bond donors (Lipinski definition) is 1. The van der Waals surface area contributed by atoms with Crippen LogP contribution < -0.4 is 14.8 Å². The fourth-order valence-corrected chi connectivity index (χ4v) is 2.73. The van der Waals surface area contributed by atoms with Gasteiger partial charge in [0.05, 0.1) is 7.11 Å². The highest BCUT2D eigenvalue weighted by molar-refractivity contribution is 5.43. The molecule has 0 spiro atoms. The van der Waals surface area contributed by atoms with Crippen molar-refractivity contribution in [2.45, 2.75) is 26.6 Å². The minimum atomic E-state index is 0.530. The summed E-state index contributed by atoms with van der Waals surface area (Å²) in [6, 6.07) is 24.8. The van der Waals surface area contributed by atoms with Crippen molar-refractivity contribution in [3.63, 3.8) is 0 Å². The Kier molecular flexibility index (Phi) is 6.29. The van der Waals surface area contributed by atoms with Crippen LogP contribution in [0.2, 0.25) is 0 Å². The second kappa shape index (κ2) is 9.07. The molecule has 26 heavy (non-hydrogen) atoms. The van der Waals surface area contributed by atoms with Crippen LogP contribution in [0.4, 0.5) is 0 Å². The van der Waals surface area contributed by atoms with Crippen LogP contribution in [0.1, 0.15) is 22.3 Å². The van der Waals surface area contributed by atoms with E-state index in [0.29, 0.717) is 6.61 Å². The zero-order valence-corrected chi connectivity index (χ0v) is 15.4. The summed E-state index contributed by atoms with van der Waals surface area (Å²) in [4.78, 5) is 0. The fourth-order valence-electron chi connectivity index (χ4n) is 2.73. The Labute approximate surface area is 155 Å². The second-order valence-corrected chi connectivity index (χ2v) is 6.35. The first kappa shape index (κ1) is 18.0. The third kappa shape index (κ3) is 5.11. The molecule has 0 fully saturated rings. The molecule has 134 valence electrons. The molecule has 0 amide bonds. The van der Waals surface area contributed by atoms with Crippen molar-refractivity contribution in [2.75, 3.05) is 7.11 Å². The summed E-state index contributed by atoms with van der Waals surface area (Å²) in [5.41, 5.74) is 4.84. The molecule has 0 saturated heterocycles. The number of aryl methyl sites for hydroxylation is 1. The van der Waals surface area contributed by atoms with Gasteiger partial charge in [0.25, 0.3) is 0 Å². The van der Waals surface area contributed by atoms with Crippen LogP contribution in [0.15, 0.2) is 72.8 Å². The van der Waals surface area contributed by atoms with Gasteiger partial charge in [0.15, 0.2) is 11.5 Å². The van der Waals surface area contributed by atoms with Crippen LogP contribution in [0.5, 0.6) is 11.5 Å². The van der Waals surface area contributed by atoms with Crippen LogP contribution in [0.25, 0.3) is 0 Å². The van der Waals surface area contributed by atoms with E-state index in [0.717, 1.165) is 30.2 Å². The van der Waals surface area contributed by atoms with E-state index in [1.165, 1.54) is 16.7 Å². The van der Waals surface area contributed by atoms with Crippen LogP contribution in [0.3, 0.4) is 0 Å². The molecule has 3 aromatic carbocycles. The second-order valence-electron chi connectivity index (χ2n) is 6.35. The normalized spacial score (nSPS) is 10.5. The number of ether oxygens (including phenoxy) is 2. The van der Waals surface area contributed by atoms with Gasteiger partial charge in [0.2, 0.25) is 0 Å². The lowest BCUT2D eigenvalue weighted by molar-refractivity contribution is 0.284. The minimum Gasteiger partial charge on any atom is -0.493 e. The highest BCUT2D eigenvalue weighted by Gasteiger charge is 2.06. The summed E-state index contributed by atoms with van der Waals surface area (Å²) in [6.07, 6.45) is 0. The van der Waals surface area contributed by atoms with Crippen molar-refractivity contribution < 1.29 is 9.47 Å². The Balaban J connectivity index is 1.57. The van der Waals surface area contributed by atoms with Crippen LogP contribution in [-0.2, 0) is 19.7 Å². The first-order valence-corrected chi connectivity index (χ1v) is 8.84. The van der Waals surface area contributed by atoms with Gasteiger partial charge in [-0.2, -0.15) is 0 Å². The summed E-state index contributed by atoms with van der Waals surface area (Å²) in [6.45, 7) is 4.23. The molecule has 0 aromatic heterocycles. The molecule has 3 nitrogen and oxygen atoms in total. The molecule has 3 aromatic rings. The Hall–Kier alpha value is -2.78. The Bertz CT molecular complexity index is 813. The first-order valence-electron chi connectivity index (χ1n) is 8.84. The maximum atomic E-state index is 5.94. The van der Waals surface area contributed by atoms with E-state index in [1.807, 2.05) is 18.2 Å². The molecule has 0 saturated carbocycles. The molecule has 0 aliphatic carbocycles. The SMILES string of the molecule is COc1cc(CNCc2ccccc2)ccc1OCc1ccc(C)cc1. The largest absolute Gasteiger partial charge is 0.493 e. The van der Waals surface area contributed by atoms with Crippen LogP contribution >= 0.6 is 0 Å². The summed E-state index contributed by atoms with van der Waals surface area (Å²) < 4.78 is 11.4. The van der Waals surface area contributed by atoms with E-state index in [-0.39, 0.29) is 0 Å². The zero-order valence-electron chi connectivity index (χ0n) is 15.4. The lowest BCUT2D eigenvalue weighted by Gasteiger charge is -2.13. The molecule has 0 atom stereocenters. The van der Waals surface area contributed by atoms with Crippen molar-refractivity contribution in [2.24, 2.45) is 0 Å². The molecule has 0 aliphatic heterocycles. The Morgan fingerprint density at radius 3 is 2.15 bits per heavy atom. The molecule has 3 rings (SSSR count). The van der Waals surface area contributed by atoms with Crippen LogP contribution in [0, 0.1) is 6.92 Å². The maximum Gasteiger partial charge on any atom is 0.161 e. The number of rotatable bonds is 8. The average Bonchev–Trinajstić information content (AvgIpc) is 2.69. The van der Waals surface area contributed by atoms with Gasteiger partial charge in [-0.05, 0) is 35.7 Å². The van der Waals surface area contributed by atoms with E-state index in [2.05, 4.69) is 66.8 Å². The van der Waals surface area contributed by atoms with Crippen molar-refractivity contribution in [1.29, 1.82) is 0 Å². The van der Waals surface area contributed by atoms with Crippen LogP contribution in [-0.4, -0.2) is 7.11 Å². The van der Waals surface area contributed by atoms with E-state index < -0.39 is 0 Å². The number of nitrogens with one attached hydrogen (secondary N) is 1. The summed E-state index contributed by atoms with van der Waals surface area (Å²) in [5.74, 6) is 1.52. The first-order chi connectivity index (χ1) is 12.7. The molecule has 0 radical (unpaired) electrons. The van der Waals surface area contributed by atoms with Gasteiger partial charge in [0, 0.05) is 13.1 Å². The van der Waals surface area contributed by atoms with E-state index >= 15 is 0 Å². The Morgan fingerprint density at radius 1 is 0.731 bits per heavy atom. The average molecular weight is 347 g/mol. The van der Waals surface area contributed by atoms with Gasteiger partial charge in [-0.1, -0.05) is 66.2 Å². The number of methoxy groups -OCH3 is 1. The zero-order chi connectivity index (χ0) is 18.2. The highest BCUT2D eigenvalue weighted by atomic mass is 16.5. The van der Waals surface area contributed by atoms with Gasteiger partial charge in [-0.25, -0.2) is 0 Å². The number of hydrogen-bond acceptors (Lipinski definition) is 3. The summed E-state index contributed by atoms with van der Waals surface area (Å²) in [5, 5.41) is 3.46. The minimum absolute atomic E-state index is 0.530. The van der Waals surface area contributed by atoms with Gasteiger partial charge >= 0.3 is 0 Å². The smallest absolute Gasteiger partial charge is 0.161 e. The molecule has 0 unspecified atom stereocenters. The molecule has 3 heteroatoms. The topological polar surface area (TPSA) is 30.5 Å². The third-order valence-corrected chi connectivity index (χ3v) is 4.24. The predicted molar refractivity (Wildman–Crippen MR) is 105 cm³/mol. The van der Waals surface area contributed by atoms with Gasteiger partial charge in [-0.3, -0.25) is 0 Å². The monoisotopic (exact) mass is 347 g/mol. The summed E-state index contributed by atoms with van der Waals surface area (Å²) in [7, 11) is 1.68. The molecular weight excluding hydrogens is 322 g/mol. The highest BCUT2D eigenvalue weighted by Crippen LogP contribution is 2.29. The van der Waals surface area contributed by atoms with Crippen molar-refractivity contribution in [3.05, 3.63) is 95.1 Å². The molecule has 0 bridgehead atoms. The quantitative estimate of drug-likeness (QED) is 0.630. The van der Waals surface area contributed by atoms with Gasteiger partial charge < -0.3 is 14.8 Å². The van der Waals surface area contributed by atoms with E-state index in [1.54, 1.807) is 7.11 Å². The van der Waals surface area contributed by atoms with E-state index in [9.17, 15) is 0 Å². The molecule has 0 aliphatic rings. The standard InChI is InChI=1S/C23H25NO2/c1-18-8-10-20(11-9-18)17-26-22-13-12-21(14-23(22)25-2)16-24-15-19-6-4-3-5-7-19/h3-14,24H,15-17H2,1-2H3. The summed E-state index contributed by atoms with van der Waals surface area (Å²) >= 11 is 0. The molecule has 0 heterocycles. The lowest BCUT2D eigenvalue weighted by Crippen LogP contribution is -2.12. The maximum absolute atomic E-state index is 5.94. The fraction of sp³-hybridized carbons (Fsp3) is 0.217. The van der Waals surface area contributed by atoms with Crippen molar-refractivity contribution >= 4 is 0 Å². The molecular formula is C23H25NO2. The van der Waals surface area contributed by atoms with Crippen molar-refractivity contribution in [3.8, 4) is 11.5 Å². The molecule has 1 N–H and O–H groups in total.